The van der Waals surface area contributed by atoms with Gasteiger partial charge in [-0.15, -0.1) is 0 Å². The first-order valence-corrected chi connectivity index (χ1v) is 12.0. The number of benzene rings is 2. The zero-order valence-electron chi connectivity index (χ0n) is 19.1. The largest absolute Gasteiger partial charge is 0.458 e. The number of nitro benzene ring substituents is 1. The van der Waals surface area contributed by atoms with Gasteiger partial charge in [0, 0.05) is 16.8 Å². The van der Waals surface area contributed by atoms with Gasteiger partial charge in [-0.25, -0.2) is 4.99 Å². The minimum absolute atomic E-state index is 0.129. The normalized spacial score (nSPS) is 16.8. The topological polar surface area (TPSA) is 151 Å². The Bertz CT molecular complexity index is 1590. The number of nitrogens with two attached hydrogens (primary N) is 1. The van der Waals surface area contributed by atoms with Crippen LogP contribution in [0.15, 0.2) is 92.1 Å². The predicted molar refractivity (Wildman–Crippen MR) is 140 cm³/mol. The molecule has 10 nitrogen and oxygen atoms in total. The van der Waals surface area contributed by atoms with Crippen LogP contribution in [0.1, 0.15) is 18.7 Å². The van der Waals surface area contributed by atoms with Crippen molar-refractivity contribution in [2.75, 3.05) is 5.32 Å². The summed E-state index contributed by atoms with van der Waals surface area (Å²) in [5.74, 6) is 0.184. The molecule has 3 N–H and O–H groups in total. The molecule has 2 aromatic carbocycles. The molecule has 0 saturated carbocycles. The molecule has 184 valence electrons. The maximum Gasteiger partial charge on any atom is 0.281 e. The van der Waals surface area contributed by atoms with E-state index >= 15 is 0 Å². The lowest BCUT2D eigenvalue weighted by Crippen LogP contribution is -2.39. The summed E-state index contributed by atoms with van der Waals surface area (Å²) in [6, 6.07) is 17.5. The number of amides is 1. The van der Waals surface area contributed by atoms with Crippen molar-refractivity contribution in [3.8, 4) is 17.4 Å². The lowest BCUT2D eigenvalue weighted by atomic mass is 9.98. The maximum atomic E-state index is 13.5. The predicted octanol–water partition coefficient (Wildman–Crippen LogP) is 5.53. The van der Waals surface area contributed by atoms with Gasteiger partial charge in [-0.1, -0.05) is 29.8 Å². The summed E-state index contributed by atoms with van der Waals surface area (Å²) >= 11 is 7.05. The van der Waals surface area contributed by atoms with E-state index in [9.17, 15) is 20.2 Å². The Morgan fingerprint density at radius 1 is 1.27 bits per heavy atom. The number of fused-ring (bicyclic) bond motifs is 1. The Morgan fingerprint density at radius 3 is 2.73 bits per heavy atom. The number of amidine groups is 1. The van der Waals surface area contributed by atoms with Crippen LogP contribution in [-0.2, 0) is 4.79 Å². The number of allylic oxidation sites excluding steroid dienone is 2. The van der Waals surface area contributed by atoms with Crippen molar-refractivity contribution in [2.45, 2.75) is 13.0 Å². The number of hydrogen-bond acceptors (Lipinski definition) is 9. The van der Waals surface area contributed by atoms with Crippen LogP contribution in [0, 0.1) is 21.4 Å². The summed E-state index contributed by atoms with van der Waals surface area (Å²) in [6.07, 6.45) is 0. The van der Waals surface area contributed by atoms with Gasteiger partial charge in [0.05, 0.1) is 21.8 Å². The first-order valence-electron chi connectivity index (χ1n) is 10.9. The van der Waals surface area contributed by atoms with E-state index in [1.54, 1.807) is 48.2 Å². The van der Waals surface area contributed by atoms with E-state index in [0.29, 0.717) is 16.6 Å². The Labute approximate surface area is 219 Å². The maximum absolute atomic E-state index is 13.5. The fraction of sp³-hybridized carbons (Fsp3) is 0.0800. The second-order valence-corrected chi connectivity index (χ2v) is 9.45. The number of halogens is 1. The van der Waals surface area contributed by atoms with Crippen LogP contribution in [-0.4, -0.2) is 20.9 Å². The summed E-state index contributed by atoms with van der Waals surface area (Å²) < 4.78 is 6.12. The number of hydrogen-bond donors (Lipinski definition) is 2. The average Bonchev–Trinajstić information content (AvgIpc) is 3.48. The smallest absolute Gasteiger partial charge is 0.281 e. The lowest BCUT2D eigenvalue weighted by Gasteiger charge is -2.33. The van der Waals surface area contributed by atoms with Crippen LogP contribution < -0.4 is 11.1 Å². The molecule has 37 heavy (non-hydrogen) atoms. The van der Waals surface area contributed by atoms with Crippen LogP contribution >= 0.6 is 23.4 Å². The van der Waals surface area contributed by atoms with Crippen molar-refractivity contribution in [2.24, 2.45) is 10.7 Å². The molecular weight excluding hydrogens is 516 g/mol. The van der Waals surface area contributed by atoms with Gasteiger partial charge in [-0.2, -0.15) is 5.26 Å². The van der Waals surface area contributed by atoms with Gasteiger partial charge >= 0.3 is 0 Å². The number of rotatable bonds is 5. The standard InChI is InChI=1S/C25H17ClN6O4S/c1-13-21(24(33)30-15-5-3-2-4-6-15)22(31-23(28)20(12-27)37-25(31)29-13)19-10-9-18(36-19)16-8-7-14(26)11-17(16)32(34)35/h2-11,22H,28H2,1H3,(H,30,33)/t22-/m0/s1. The highest BCUT2D eigenvalue weighted by molar-refractivity contribution is 8.17. The molecular formula is C25H17ClN6O4S. The summed E-state index contributed by atoms with van der Waals surface area (Å²) in [7, 11) is 0. The highest BCUT2D eigenvalue weighted by Gasteiger charge is 2.43. The lowest BCUT2D eigenvalue weighted by molar-refractivity contribution is -0.384. The second-order valence-electron chi connectivity index (χ2n) is 8.03. The third-order valence-electron chi connectivity index (χ3n) is 5.77. The third-order valence-corrected chi connectivity index (χ3v) is 6.98. The van der Waals surface area contributed by atoms with Crippen LogP contribution in [0.3, 0.4) is 0 Å². The summed E-state index contributed by atoms with van der Waals surface area (Å²) in [5.41, 5.74) is 7.55. The number of para-hydroxylation sites is 1. The van der Waals surface area contributed by atoms with E-state index in [-0.39, 0.29) is 44.1 Å². The van der Waals surface area contributed by atoms with Crippen molar-refractivity contribution in [1.82, 2.24) is 4.90 Å². The van der Waals surface area contributed by atoms with E-state index in [4.69, 9.17) is 21.8 Å². The number of furan rings is 1. The first-order chi connectivity index (χ1) is 17.8. The molecule has 5 rings (SSSR count). The molecule has 0 saturated heterocycles. The van der Waals surface area contributed by atoms with E-state index in [2.05, 4.69) is 16.4 Å². The fourth-order valence-electron chi connectivity index (χ4n) is 4.13. The molecule has 12 heteroatoms. The SMILES string of the molecule is CC1=C(C(=O)Nc2ccccc2)[C@H](c2ccc(-c3ccc(Cl)cc3[N+](=O)[O-])o2)N2C(=N1)SC(C#N)=C2N. The summed E-state index contributed by atoms with van der Waals surface area (Å²) in [5, 5.41) is 24.7. The third kappa shape index (κ3) is 4.33. The number of thioether (sulfide) groups is 1. The van der Waals surface area contributed by atoms with Crippen molar-refractivity contribution in [3.63, 3.8) is 0 Å². The average molecular weight is 533 g/mol. The Balaban J connectivity index is 1.62. The van der Waals surface area contributed by atoms with Gasteiger partial charge in [-0.3, -0.25) is 19.8 Å². The van der Waals surface area contributed by atoms with Gasteiger partial charge in [0.25, 0.3) is 11.6 Å². The highest BCUT2D eigenvalue weighted by Crippen LogP contribution is 2.46. The summed E-state index contributed by atoms with van der Waals surface area (Å²) in [6.45, 7) is 1.69. The van der Waals surface area contributed by atoms with Gasteiger partial charge in [0.2, 0.25) is 0 Å². The van der Waals surface area contributed by atoms with E-state index in [0.717, 1.165) is 11.8 Å². The molecule has 0 spiro atoms. The number of nitriles is 1. The van der Waals surface area contributed by atoms with Crippen LogP contribution in [0.2, 0.25) is 5.02 Å². The van der Waals surface area contributed by atoms with E-state index in [1.165, 1.54) is 18.2 Å². The van der Waals surface area contributed by atoms with Gasteiger partial charge in [0.15, 0.2) is 5.17 Å². The van der Waals surface area contributed by atoms with Crippen molar-refractivity contribution in [3.05, 3.63) is 104 Å². The number of nitrogens with one attached hydrogen (secondary N) is 1. The molecule has 3 heterocycles. The van der Waals surface area contributed by atoms with Gasteiger partial charge < -0.3 is 15.5 Å². The molecule has 3 aromatic rings. The zero-order chi connectivity index (χ0) is 26.3. The number of nitrogens with zero attached hydrogens (tertiary/aromatic N) is 4. The Hall–Kier alpha value is -4.53. The molecule has 0 radical (unpaired) electrons. The van der Waals surface area contributed by atoms with E-state index in [1.807, 2.05) is 6.07 Å². The number of anilines is 1. The fourth-order valence-corrected chi connectivity index (χ4v) is 5.21. The quantitative estimate of drug-likeness (QED) is 0.321. The molecule has 1 aromatic heterocycles. The van der Waals surface area contributed by atoms with Gasteiger partial charge in [0.1, 0.15) is 34.4 Å². The summed E-state index contributed by atoms with van der Waals surface area (Å²) in [4.78, 5) is 31.0. The molecule has 2 aliphatic heterocycles. The number of aliphatic imine (C=N–C) groups is 1. The first kappa shape index (κ1) is 24.2. The van der Waals surface area contributed by atoms with Crippen LogP contribution in [0.25, 0.3) is 11.3 Å². The Morgan fingerprint density at radius 2 is 2.03 bits per heavy atom. The number of nitro groups is 1. The molecule has 1 amide bonds. The molecule has 0 bridgehead atoms. The van der Waals surface area contributed by atoms with Crippen molar-refractivity contribution in [1.29, 1.82) is 5.26 Å². The highest BCUT2D eigenvalue weighted by atomic mass is 35.5. The zero-order valence-corrected chi connectivity index (χ0v) is 20.7. The molecule has 0 aliphatic carbocycles. The van der Waals surface area contributed by atoms with Crippen LogP contribution in [0.4, 0.5) is 11.4 Å². The Kier molecular flexibility index (Phi) is 6.20. The molecule has 0 fully saturated rings. The second kappa shape index (κ2) is 9.50. The number of carbonyl (C=O) groups is 1. The number of carbonyl (C=O) groups excluding carboxylic acids is 1. The van der Waals surface area contributed by atoms with Gasteiger partial charge in [-0.05, 0) is 55.1 Å². The minimum atomic E-state index is -0.880. The minimum Gasteiger partial charge on any atom is -0.458 e. The monoisotopic (exact) mass is 532 g/mol. The van der Waals surface area contributed by atoms with Crippen molar-refractivity contribution < 1.29 is 14.1 Å². The van der Waals surface area contributed by atoms with Crippen molar-refractivity contribution >= 4 is 45.8 Å². The molecule has 1 atom stereocenters. The molecule has 2 aliphatic rings. The van der Waals surface area contributed by atoms with Crippen LogP contribution in [0.5, 0.6) is 0 Å². The van der Waals surface area contributed by atoms with E-state index < -0.39 is 16.9 Å². The molecule has 0 unspecified atom stereocenters.